The van der Waals surface area contributed by atoms with E-state index >= 15 is 0 Å². The average Bonchev–Trinajstić information content (AvgIpc) is 3.41. The molecular weight excluding hydrogens is 368 g/mol. The number of nitrogens with one attached hydrogen (secondary N) is 1. The van der Waals surface area contributed by atoms with E-state index in [-0.39, 0.29) is 11.8 Å². The van der Waals surface area contributed by atoms with Gasteiger partial charge in [0.2, 0.25) is 0 Å². The zero-order chi connectivity index (χ0) is 19.8. The Morgan fingerprint density at radius 2 is 1.93 bits per heavy atom. The lowest BCUT2D eigenvalue weighted by Crippen LogP contribution is -2.31. The van der Waals surface area contributed by atoms with Crippen LogP contribution in [0.5, 0.6) is 0 Å². The number of nitrogens with zero attached hydrogens (tertiary/aromatic N) is 3. The number of fused-ring (bicyclic) bond motifs is 2. The first-order chi connectivity index (χ1) is 14.2. The summed E-state index contributed by atoms with van der Waals surface area (Å²) in [5.74, 6) is 0.157. The summed E-state index contributed by atoms with van der Waals surface area (Å²) in [6.07, 6.45) is 5.47. The Bertz CT molecular complexity index is 1070. The molecule has 0 saturated heterocycles. The summed E-state index contributed by atoms with van der Waals surface area (Å²) in [7, 11) is 0. The number of anilines is 1. The summed E-state index contributed by atoms with van der Waals surface area (Å²) >= 11 is 0. The molecule has 7 nitrogen and oxygen atoms in total. The number of benzene rings is 1. The van der Waals surface area contributed by atoms with Crippen LogP contribution in [-0.4, -0.2) is 33.0 Å². The Hall–Kier alpha value is -3.35. The maximum atomic E-state index is 13.1. The molecule has 1 N–H and O–H groups in total. The predicted molar refractivity (Wildman–Crippen MR) is 107 cm³/mol. The fourth-order valence-electron chi connectivity index (χ4n) is 4.14. The highest BCUT2D eigenvalue weighted by Crippen LogP contribution is 2.29. The van der Waals surface area contributed by atoms with Crippen LogP contribution in [0.25, 0.3) is 0 Å². The monoisotopic (exact) mass is 390 g/mol. The lowest BCUT2D eigenvalue weighted by molar-refractivity contribution is 0.0712. The molecule has 0 spiro atoms. The van der Waals surface area contributed by atoms with Crippen LogP contribution in [0.4, 0.5) is 5.69 Å². The highest BCUT2D eigenvalue weighted by molar-refractivity contribution is 6.03. The molecule has 1 aliphatic carbocycles. The molecule has 2 aromatic heterocycles. The van der Waals surface area contributed by atoms with Crippen LogP contribution in [0.1, 0.15) is 50.7 Å². The maximum Gasteiger partial charge on any atom is 0.290 e. The number of hydrogen-bond acceptors (Lipinski definition) is 4. The highest BCUT2D eigenvalue weighted by atomic mass is 16.3. The van der Waals surface area contributed by atoms with E-state index < -0.39 is 0 Å². The van der Waals surface area contributed by atoms with Gasteiger partial charge in [-0.2, -0.15) is 5.10 Å². The summed E-state index contributed by atoms with van der Waals surface area (Å²) in [5.41, 5.74) is 4.17. The van der Waals surface area contributed by atoms with Gasteiger partial charge in [0.05, 0.1) is 18.5 Å². The molecule has 3 aromatic rings. The molecule has 0 radical (unpaired) electrons. The number of amides is 2. The van der Waals surface area contributed by atoms with Crippen LogP contribution in [-0.2, 0) is 25.9 Å². The molecule has 0 fully saturated rings. The molecule has 2 amide bonds. The third-order valence-corrected chi connectivity index (χ3v) is 5.61. The number of carbonyl (C=O) groups is 2. The van der Waals surface area contributed by atoms with E-state index in [1.54, 1.807) is 17.2 Å². The standard InChI is InChI=1S/C22H22N4O3/c27-21(23-16-7-2-1-3-8-16)19-12-17-13-25(10-5-11-26(17)24-19)22(28)20-18-9-4-6-15(18)14-29-20/h1-3,7-8,12,14H,4-6,9-11,13H2,(H,23,27). The van der Waals surface area contributed by atoms with Gasteiger partial charge in [0.15, 0.2) is 11.5 Å². The molecule has 3 heterocycles. The number of carbonyl (C=O) groups excluding carboxylic acids is 2. The van der Waals surface area contributed by atoms with E-state index in [1.807, 2.05) is 35.0 Å². The molecule has 0 saturated carbocycles. The first-order valence-electron chi connectivity index (χ1n) is 10.0. The van der Waals surface area contributed by atoms with Crippen molar-refractivity contribution in [2.75, 3.05) is 11.9 Å². The lowest BCUT2D eigenvalue weighted by Gasteiger charge is -2.19. The van der Waals surface area contributed by atoms with Crippen molar-refractivity contribution in [1.82, 2.24) is 14.7 Å². The zero-order valence-electron chi connectivity index (χ0n) is 16.1. The van der Waals surface area contributed by atoms with Gasteiger partial charge in [-0.3, -0.25) is 14.3 Å². The molecule has 0 atom stereocenters. The van der Waals surface area contributed by atoms with Crippen molar-refractivity contribution in [1.29, 1.82) is 0 Å². The van der Waals surface area contributed by atoms with E-state index in [2.05, 4.69) is 10.4 Å². The van der Waals surface area contributed by atoms with Crippen molar-refractivity contribution < 1.29 is 14.0 Å². The molecule has 148 valence electrons. The normalized spacial score (nSPS) is 15.5. The van der Waals surface area contributed by atoms with Gasteiger partial charge in [0.1, 0.15) is 0 Å². The number of hydrogen-bond donors (Lipinski definition) is 1. The SMILES string of the molecule is O=C(Nc1ccccc1)c1cc2n(n1)CCCN(C(=O)c1occ3c1CCC3)C2. The average molecular weight is 390 g/mol. The van der Waals surface area contributed by atoms with Crippen LogP contribution in [0.2, 0.25) is 0 Å². The van der Waals surface area contributed by atoms with Gasteiger partial charge in [-0.1, -0.05) is 18.2 Å². The molecule has 0 unspecified atom stereocenters. The van der Waals surface area contributed by atoms with E-state index in [0.29, 0.717) is 31.1 Å². The number of rotatable bonds is 3. The summed E-state index contributed by atoms with van der Waals surface area (Å²) in [6, 6.07) is 11.1. The van der Waals surface area contributed by atoms with Gasteiger partial charge in [-0.15, -0.1) is 0 Å². The minimum absolute atomic E-state index is 0.0712. The second kappa shape index (κ2) is 7.24. The first-order valence-corrected chi connectivity index (χ1v) is 10.0. The molecule has 1 aliphatic heterocycles. The van der Waals surface area contributed by atoms with Crippen LogP contribution < -0.4 is 5.32 Å². The minimum atomic E-state index is -0.251. The van der Waals surface area contributed by atoms with Gasteiger partial charge in [0.25, 0.3) is 11.8 Å². The summed E-state index contributed by atoms with van der Waals surface area (Å²) in [5, 5.41) is 7.32. The van der Waals surface area contributed by atoms with Gasteiger partial charge in [-0.25, -0.2) is 0 Å². The number of aryl methyl sites for hydroxylation is 2. The molecule has 2 aliphatic rings. The molecule has 29 heavy (non-hydrogen) atoms. The van der Waals surface area contributed by atoms with E-state index in [0.717, 1.165) is 48.2 Å². The Balaban J connectivity index is 1.35. The topological polar surface area (TPSA) is 80.4 Å². The predicted octanol–water partition coefficient (Wildman–Crippen LogP) is 3.26. The van der Waals surface area contributed by atoms with Crippen LogP contribution in [0, 0.1) is 0 Å². The van der Waals surface area contributed by atoms with Crippen LogP contribution in [0.15, 0.2) is 47.1 Å². The summed E-state index contributed by atoms with van der Waals surface area (Å²) in [6.45, 7) is 1.73. The van der Waals surface area contributed by atoms with Crippen molar-refractivity contribution >= 4 is 17.5 Å². The second-order valence-corrected chi connectivity index (χ2v) is 7.57. The Kier molecular flexibility index (Phi) is 4.42. The maximum absolute atomic E-state index is 13.1. The van der Waals surface area contributed by atoms with Gasteiger partial charge < -0.3 is 14.6 Å². The zero-order valence-corrected chi connectivity index (χ0v) is 16.1. The van der Waals surface area contributed by atoms with Crippen molar-refractivity contribution in [3.63, 3.8) is 0 Å². The molecule has 7 heteroatoms. The molecule has 5 rings (SSSR count). The smallest absolute Gasteiger partial charge is 0.290 e. The van der Waals surface area contributed by atoms with Gasteiger partial charge in [-0.05, 0) is 49.4 Å². The van der Waals surface area contributed by atoms with Crippen molar-refractivity contribution in [2.24, 2.45) is 0 Å². The van der Waals surface area contributed by atoms with Gasteiger partial charge >= 0.3 is 0 Å². The van der Waals surface area contributed by atoms with E-state index in [9.17, 15) is 9.59 Å². The fraction of sp³-hybridized carbons (Fsp3) is 0.318. The quantitative estimate of drug-likeness (QED) is 0.744. The van der Waals surface area contributed by atoms with Gasteiger partial charge in [0, 0.05) is 24.3 Å². The number of para-hydroxylation sites is 1. The van der Waals surface area contributed by atoms with Crippen molar-refractivity contribution in [3.8, 4) is 0 Å². The lowest BCUT2D eigenvalue weighted by atomic mass is 10.1. The minimum Gasteiger partial charge on any atom is -0.459 e. The first kappa shape index (κ1) is 17.7. The van der Waals surface area contributed by atoms with E-state index in [4.69, 9.17) is 4.42 Å². The second-order valence-electron chi connectivity index (χ2n) is 7.57. The Morgan fingerprint density at radius 1 is 1.07 bits per heavy atom. The summed E-state index contributed by atoms with van der Waals surface area (Å²) < 4.78 is 7.45. The van der Waals surface area contributed by atoms with Crippen LogP contribution in [0.3, 0.4) is 0 Å². The largest absolute Gasteiger partial charge is 0.459 e. The van der Waals surface area contributed by atoms with Crippen molar-refractivity contribution in [3.05, 3.63) is 70.9 Å². The van der Waals surface area contributed by atoms with Crippen molar-refractivity contribution in [2.45, 2.75) is 38.8 Å². The Morgan fingerprint density at radius 3 is 2.79 bits per heavy atom. The molecule has 0 bridgehead atoms. The highest BCUT2D eigenvalue weighted by Gasteiger charge is 2.29. The van der Waals surface area contributed by atoms with E-state index in [1.165, 1.54) is 0 Å². The Labute approximate surface area is 168 Å². The third kappa shape index (κ3) is 3.33. The van der Waals surface area contributed by atoms with Crippen LogP contribution >= 0.6 is 0 Å². The fourth-order valence-corrected chi connectivity index (χ4v) is 4.14. The third-order valence-electron chi connectivity index (χ3n) is 5.61. The number of furan rings is 1. The molecule has 1 aromatic carbocycles. The number of aromatic nitrogens is 2. The molecular formula is C22H22N4O3. The summed E-state index contributed by atoms with van der Waals surface area (Å²) in [4.78, 5) is 27.5.